The topological polar surface area (TPSA) is 42.9 Å². The van der Waals surface area contributed by atoms with Crippen molar-refractivity contribution >= 4 is 60.3 Å². The summed E-state index contributed by atoms with van der Waals surface area (Å²) < 4.78 is 2.07. The molecule has 0 fully saturated rings. The summed E-state index contributed by atoms with van der Waals surface area (Å²) in [4.78, 5) is 20.7. The summed E-state index contributed by atoms with van der Waals surface area (Å²) in [6, 6.07) is 15.9. The van der Waals surface area contributed by atoms with E-state index in [9.17, 15) is 4.79 Å². The van der Waals surface area contributed by atoms with E-state index in [2.05, 4.69) is 71.5 Å². The Morgan fingerprint density at radius 3 is 2.03 bits per heavy atom. The van der Waals surface area contributed by atoms with Gasteiger partial charge >= 0.3 is 0 Å². The van der Waals surface area contributed by atoms with Crippen molar-refractivity contribution in [3.63, 3.8) is 0 Å². The molecule has 0 amide bonds. The number of hydrogen-bond donors (Lipinski definition) is 0. The van der Waals surface area contributed by atoms with Gasteiger partial charge in [0, 0.05) is 43.1 Å². The molecule has 0 saturated heterocycles. The summed E-state index contributed by atoms with van der Waals surface area (Å²) in [6.45, 7) is 3.97. The van der Waals surface area contributed by atoms with Crippen LogP contribution in [0.1, 0.15) is 37.3 Å². The van der Waals surface area contributed by atoms with Gasteiger partial charge in [-0.3, -0.25) is 4.79 Å². The van der Waals surface area contributed by atoms with E-state index in [1.165, 1.54) is 21.9 Å². The first-order valence-corrected chi connectivity index (χ1v) is 13.1. The third-order valence-electron chi connectivity index (χ3n) is 4.31. The number of thiazole rings is 2. The smallest absolute Gasteiger partial charge is 0.169 e. The maximum atomic E-state index is 11.9. The van der Waals surface area contributed by atoms with E-state index in [0.717, 1.165) is 43.7 Å². The summed E-state index contributed by atoms with van der Waals surface area (Å²) in [5.74, 6) is 0.107. The van der Waals surface area contributed by atoms with E-state index in [1.807, 2.05) is 43.5 Å². The minimum absolute atomic E-state index is 0.107. The second kappa shape index (κ2) is 11.8. The van der Waals surface area contributed by atoms with Crippen LogP contribution in [0, 0.1) is 13.8 Å². The summed E-state index contributed by atoms with van der Waals surface area (Å²) in [7, 11) is 0. The number of benzene rings is 2. The molecule has 2 aromatic heterocycles. The predicted octanol–water partition coefficient (Wildman–Crippen LogP) is 7.64. The van der Waals surface area contributed by atoms with Crippen molar-refractivity contribution in [3.8, 4) is 0 Å². The first kappa shape index (κ1) is 24.0. The van der Waals surface area contributed by atoms with Crippen molar-refractivity contribution in [1.29, 1.82) is 0 Å². The van der Waals surface area contributed by atoms with Crippen molar-refractivity contribution in [2.75, 3.05) is 0 Å². The highest BCUT2D eigenvalue weighted by atomic mass is 79.9. The molecule has 0 N–H and O–H groups in total. The molecule has 160 valence electrons. The van der Waals surface area contributed by atoms with E-state index >= 15 is 0 Å². The Balaban J connectivity index is 0.000000176. The van der Waals surface area contributed by atoms with Gasteiger partial charge < -0.3 is 0 Å². The molecule has 0 atom stereocenters. The van der Waals surface area contributed by atoms with Crippen LogP contribution in [0.3, 0.4) is 0 Å². The minimum atomic E-state index is 0.107. The third kappa shape index (κ3) is 8.07. The number of aryl methyl sites for hydroxylation is 4. The Bertz CT molecular complexity index is 1150. The Kier molecular flexibility index (Phi) is 9.14. The molecule has 31 heavy (non-hydrogen) atoms. The zero-order chi connectivity index (χ0) is 22.2. The van der Waals surface area contributed by atoms with Gasteiger partial charge in [-0.15, -0.1) is 22.7 Å². The van der Waals surface area contributed by atoms with Crippen LogP contribution in [0.25, 0.3) is 0 Å². The highest BCUT2D eigenvalue weighted by Crippen LogP contribution is 2.17. The second-order valence-corrected chi connectivity index (χ2v) is 10.7. The SMILES string of the molecule is Cc1csc(CC(=O)c2cccc(Br)c2)n1.Cc1csc(CCc2cccc(Br)c2)n1. The predicted molar refractivity (Wildman–Crippen MR) is 137 cm³/mol. The average Bonchev–Trinajstić information content (AvgIpc) is 3.34. The van der Waals surface area contributed by atoms with Gasteiger partial charge in [-0.25, -0.2) is 9.97 Å². The van der Waals surface area contributed by atoms with Crippen LogP contribution in [0.5, 0.6) is 0 Å². The molecule has 2 heterocycles. The van der Waals surface area contributed by atoms with Gasteiger partial charge in [0.05, 0.1) is 11.4 Å². The fourth-order valence-corrected chi connectivity index (χ4v) is 5.24. The van der Waals surface area contributed by atoms with Gasteiger partial charge in [0.1, 0.15) is 5.01 Å². The van der Waals surface area contributed by atoms with Gasteiger partial charge in [0.2, 0.25) is 0 Å². The molecule has 0 aliphatic heterocycles. The molecule has 4 aromatic rings. The molecular formula is C24H22Br2N2OS2. The highest BCUT2D eigenvalue weighted by molar-refractivity contribution is 9.10. The number of ketones is 1. The van der Waals surface area contributed by atoms with Gasteiger partial charge in [-0.2, -0.15) is 0 Å². The third-order valence-corrected chi connectivity index (χ3v) is 7.29. The molecule has 7 heteroatoms. The number of rotatable bonds is 6. The Morgan fingerprint density at radius 2 is 1.45 bits per heavy atom. The Morgan fingerprint density at radius 1 is 0.839 bits per heavy atom. The van der Waals surface area contributed by atoms with Crippen molar-refractivity contribution in [1.82, 2.24) is 9.97 Å². The molecular weight excluding hydrogens is 556 g/mol. The van der Waals surface area contributed by atoms with Crippen LogP contribution in [-0.4, -0.2) is 15.8 Å². The number of halogens is 2. The molecule has 0 radical (unpaired) electrons. The molecule has 4 rings (SSSR count). The van der Waals surface area contributed by atoms with E-state index in [1.54, 1.807) is 11.3 Å². The molecule has 0 saturated carbocycles. The lowest BCUT2D eigenvalue weighted by atomic mass is 10.1. The molecule has 0 spiro atoms. The molecule has 2 aromatic carbocycles. The van der Waals surface area contributed by atoms with Gasteiger partial charge in [-0.05, 0) is 50.1 Å². The van der Waals surface area contributed by atoms with Crippen LogP contribution in [0.4, 0.5) is 0 Å². The number of nitrogens with zero attached hydrogens (tertiary/aromatic N) is 2. The second-order valence-electron chi connectivity index (χ2n) is 7.01. The van der Waals surface area contributed by atoms with Crippen LogP contribution in [0.2, 0.25) is 0 Å². The van der Waals surface area contributed by atoms with Crippen LogP contribution in [0.15, 0.2) is 68.2 Å². The lowest BCUT2D eigenvalue weighted by Crippen LogP contribution is -2.03. The van der Waals surface area contributed by atoms with E-state index in [0.29, 0.717) is 6.42 Å². The molecule has 0 unspecified atom stereocenters. The van der Waals surface area contributed by atoms with Crippen molar-refractivity contribution in [2.45, 2.75) is 33.1 Å². The van der Waals surface area contributed by atoms with Crippen molar-refractivity contribution in [2.24, 2.45) is 0 Å². The van der Waals surface area contributed by atoms with E-state index in [4.69, 9.17) is 0 Å². The highest BCUT2D eigenvalue weighted by Gasteiger charge is 2.09. The maximum Gasteiger partial charge on any atom is 0.169 e. The molecule has 0 aliphatic carbocycles. The molecule has 0 bridgehead atoms. The number of hydrogen-bond acceptors (Lipinski definition) is 5. The first-order chi connectivity index (χ1) is 14.9. The lowest BCUT2D eigenvalue weighted by Gasteiger charge is -1.99. The zero-order valence-electron chi connectivity index (χ0n) is 17.3. The van der Waals surface area contributed by atoms with Crippen LogP contribution >= 0.6 is 54.5 Å². The summed E-state index contributed by atoms with van der Waals surface area (Å²) >= 11 is 10.1. The monoisotopic (exact) mass is 576 g/mol. The standard InChI is InChI=1S/C12H10BrNOS.C12H12BrNS/c1-8-7-16-12(14-8)6-11(15)9-3-2-4-10(13)5-9;1-9-8-15-12(14-9)6-5-10-3-2-4-11(13)7-10/h2-5,7H,6H2,1H3;2-4,7-8H,5-6H2,1H3. The van der Waals surface area contributed by atoms with Gasteiger partial charge in [-0.1, -0.05) is 56.1 Å². The number of carbonyl (C=O) groups excluding carboxylic acids is 1. The maximum absolute atomic E-state index is 11.9. The number of carbonyl (C=O) groups is 1. The first-order valence-electron chi connectivity index (χ1n) is 9.74. The lowest BCUT2D eigenvalue weighted by molar-refractivity contribution is 0.0993. The van der Waals surface area contributed by atoms with E-state index < -0.39 is 0 Å². The van der Waals surface area contributed by atoms with Crippen molar-refractivity contribution < 1.29 is 4.79 Å². The largest absolute Gasteiger partial charge is 0.294 e. The number of aromatic nitrogens is 2. The summed E-state index contributed by atoms with van der Waals surface area (Å²) in [5, 5.41) is 6.18. The van der Waals surface area contributed by atoms with Gasteiger partial charge in [0.15, 0.2) is 5.78 Å². The Hall–Kier alpha value is -1.67. The number of Topliss-reactive ketones (excluding diaryl/α,β-unsaturated/α-hetero) is 1. The molecule has 0 aliphatic rings. The molecule has 3 nitrogen and oxygen atoms in total. The fraction of sp³-hybridized carbons (Fsp3) is 0.208. The van der Waals surface area contributed by atoms with E-state index in [-0.39, 0.29) is 5.78 Å². The fourth-order valence-electron chi connectivity index (χ4n) is 2.85. The Labute approximate surface area is 207 Å². The van der Waals surface area contributed by atoms with Gasteiger partial charge in [0.25, 0.3) is 0 Å². The summed E-state index contributed by atoms with van der Waals surface area (Å²) in [5.41, 5.74) is 4.19. The van der Waals surface area contributed by atoms with Crippen LogP contribution in [-0.2, 0) is 19.3 Å². The zero-order valence-corrected chi connectivity index (χ0v) is 22.1. The van der Waals surface area contributed by atoms with Crippen LogP contribution < -0.4 is 0 Å². The quantitative estimate of drug-likeness (QED) is 0.221. The van der Waals surface area contributed by atoms with Crippen molar-refractivity contribution in [3.05, 3.63) is 101 Å². The average molecular weight is 578 g/mol. The normalized spacial score (nSPS) is 10.5. The summed E-state index contributed by atoms with van der Waals surface area (Å²) in [6.07, 6.45) is 2.48. The minimum Gasteiger partial charge on any atom is -0.294 e.